The van der Waals surface area contributed by atoms with Crippen LogP contribution >= 0.6 is 0 Å². The molecule has 196 valence electrons. The molecule has 3 aromatic rings. The second-order valence-corrected chi connectivity index (χ2v) is 9.68. The number of benzene rings is 3. The number of hydrogen-bond acceptors (Lipinski definition) is 5. The Bertz CT molecular complexity index is 1160. The molecule has 0 amide bonds. The first kappa shape index (κ1) is 26.9. The topological polar surface area (TPSA) is 64.0 Å². The summed E-state index contributed by atoms with van der Waals surface area (Å²) in [5.41, 5.74) is 4.33. The van der Waals surface area contributed by atoms with Gasteiger partial charge in [0, 0.05) is 35.3 Å². The molecule has 0 aromatic heterocycles. The van der Waals surface area contributed by atoms with Crippen LogP contribution in [0.3, 0.4) is 0 Å². The number of carbonyl (C=O) groups excluding carboxylic acids is 1. The summed E-state index contributed by atoms with van der Waals surface area (Å²) >= 11 is 0. The first-order valence-corrected chi connectivity index (χ1v) is 12.8. The van der Waals surface area contributed by atoms with Gasteiger partial charge in [-0.25, -0.2) is 8.78 Å². The molecule has 2 aliphatic rings. The zero-order chi connectivity index (χ0) is 26.3. The van der Waals surface area contributed by atoms with E-state index in [-0.39, 0.29) is 36.0 Å². The highest BCUT2D eigenvalue weighted by atomic mass is 19.1. The lowest BCUT2D eigenvalue weighted by molar-refractivity contribution is 0.0968. The predicted octanol–water partition coefficient (Wildman–Crippen LogP) is 5.08. The summed E-state index contributed by atoms with van der Waals surface area (Å²) in [7, 11) is 0. The molecule has 1 spiro atoms. The van der Waals surface area contributed by atoms with Gasteiger partial charge < -0.3 is 20.0 Å². The number of hydrogen-bond donors (Lipinski definition) is 2. The van der Waals surface area contributed by atoms with Gasteiger partial charge in [0.1, 0.15) is 11.6 Å². The summed E-state index contributed by atoms with van der Waals surface area (Å²) in [6, 6.07) is 21.2. The van der Waals surface area contributed by atoms with Crippen molar-refractivity contribution in [1.29, 1.82) is 0 Å². The second kappa shape index (κ2) is 12.4. The molecular formula is C30H34F2N2O3. The first-order chi connectivity index (χ1) is 18.0. The van der Waals surface area contributed by atoms with E-state index in [1.807, 2.05) is 12.1 Å². The number of Topliss-reactive ketones (excluding diaryl/α,β-unsaturated/α-hetero) is 1. The molecule has 0 bridgehead atoms. The van der Waals surface area contributed by atoms with E-state index in [9.17, 15) is 13.6 Å². The van der Waals surface area contributed by atoms with Gasteiger partial charge >= 0.3 is 0 Å². The van der Waals surface area contributed by atoms with E-state index in [2.05, 4.69) is 34.1 Å². The van der Waals surface area contributed by atoms with Crippen LogP contribution in [0.4, 0.5) is 20.2 Å². The molecule has 0 saturated carbocycles. The van der Waals surface area contributed by atoms with Crippen LogP contribution in [0.15, 0.2) is 72.8 Å². The lowest BCUT2D eigenvalue weighted by Crippen LogP contribution is -2.45. The smallest absolute Gasteiger partial charge is 0.162 e. The number of para-hydroxylation sites is 1. The van der Waals surface area contributed by atoms with Crippen molar-refractivity contribution >= 4 is 17.2 Å². The highest BCUT2D eigenvalue weighted by molar-refractivity contribution is 5.95. The predicted molar refractivity (Wildman–Crippen MR) is 141 cm³/mol. The van der Waals surface area contributed by atoms with Crippen molar-refractivity contribution in [2.75, 3.05) is 44.3 Å². The minimum atomic E-state index is -0.319. The zero-order valence-corrected chi connectivity index (χ0v) is 21.0. The Balaban J connectivity index is 0.000000747. The number of fused-ring (bicyclic) bond motifs is 2. The van der Waals surface area contributed by atoms with Crippen molar-refractivity contribution in [2.24, 2.45) is 0 Å². The Morgan fingerprint density at radius 1 is 0.838 bits per heavy atom. The van der Waals surface area contributed by atoms with E-state index in [4.69, 9.17) is 10.2 Å². The number of aliphatic hydroxyl groups is 2. The maximum absolute atomic E-state index is 13.5. The summed E-state index contributed by atoms with van der Waals surface area (Å²) in [6.07, 6.45) is 3.41. The van der Waals surface area contributed by atoms with Crippen molar-refractivity contribution in [2.45, 2.75) is 31.1 Å². The number of ketones is 1. The van der Waals surface area contributed by atoms with Crippen molar-refractivity contribution in [3.63, 3.8) is 0 Å². The molecule has 2 aliphatic heterocycles. The molecule has 2 N–H and O–H groups in total. The van der Waals surface area contributed by atoms with Crippen LogP contribution in [0.1, 0.15) is 41.6 Å². The number of nitrogens with zero attached hydrogens (tertiary/aromatic N) is 2. The Morgan fingerprint density at radius 2 is 1.43 bits per heavy atom. The fourth-order valence-electron chi connectivity index (χ4n) is 5.36. The average molecular weight is 509 g/mol. The van der Waals surface area contributed by atoms with Gasteiger partial charge in [-0.2, -0.15) is 0 Å². The van der Waals surface area contributed by atoms with Gasteiger partial charge in [-0.1, -0.05) is 18.2 Å². The van der Waals surface area contributed by atoms with E-state index in [0.717, 1.165) is 51.1 Å². The molecule has 0 aliphatic carbocycles. The molecule has 1 fully saturated rings. The number of rotatable bonds is 7. The van der Waals surface area contributed by atoms with E-state index in [0.29, 0.717) is 12.0 Å². The van der Waals surface area contributed by atoms with Crippen LogP contribution in [0, 0.1) is 11.6 Å². The van der Waals surface area contributed by atoms with Crippen LogP contribution in [-0.4, -0.2) is 60.3 Å². The third kappa shape index (κ3) is 6.42. The molecule has 7 heteroatoms. The summed E-state index contributed by atoms with van der Waals surface area (Å²) in [5.74, 6) is -0.462. The van der Waals surface area contributed by atoms with Crippen LogP contribution in [-0.2, 0) is 5.41 Å². The summed E-state index contributed by atoms with van der Waals surface area (Å²) in [4.78, 5) is 17.1. The molecule has 5 nitrogen and oxygen atoms in total. The third-order valence-corrected chi connectivity index (χ3v) is 7.32. The van der Waals surface area contributed by atoms with Crippen LogP contribution < -0.4 is 4.90 Å². The van der Waals surface area contributed by atoms with Crippen LogP contribution in [0.5, 0.6) is 0 Å². The Labute approximate surface area is 217 Å². The van der Waals surface area contributed by atoms with Crippen molar-refractivity contribution in [3.05, 3.63) is 95.6 Å². The lowest BCUT2D eigenvalue weighted by Gasteiger charge is -2.40. The van der Waals surface area contributed by atoms with Gasteiger partial charge in [-0.3, -0.25) is 4.79 Å². The molecule has 5 rings (SSSR count). The number of halogens is 2. The number of carbonyl (C=O) groups is 1. The Hall–Kier alpha value is -3.13. The molecule has 0 atom stereocenters. The van der Waals surface area contributed by atoms with Gasteiger partial charge in [0.2, 0.25) is 0 Å². The third-order valence-electron chi connectivity index (χ3n) is 7.32. The molecule has 37 heavy (non-hydrogen) atoms. The van der Waals surface area contributed by atoms with E-state index >= 15 is 0 Å². The number of piperidine rings is 1. The first-order valence-electron chi connectivity index (χ1n) is 12.8. The molecule has 0 radical (unpaired) electrons. The lowest BCUT2D eigenvalue weighted by atomic mass is 9.74. The Morgan fingerprint density at radius 3 is 2.05 bits per heavy atom. The van der Waals surface area contributed by atoms with Crippen LogP contribution in [0.25, 0.3) is 0 Å². The van der Waals surface area contributed by atoms with E-state index in [1.165, 1.54) is 35.5 Å². The van der Waals surface area contributed by atoms with Gasteiger partial charge in [0.05, 0.1) is 13.2 Å². The zero-order valence-electron chi connectivity index (χ0n) is 21.0. The van der Waals surface area contributed by atoms with Gasteiger partial charge in [-0.05, 0) is 99.1 Å². The fraction of sp³-hybridized carbons (Fsp3) is 0.367. The van der Waals surface area contributed by atoms with Crippen molar-refractivity contribution in [1.82, 2.24) is 4.90 Å². The van der Waals surface area contributed by atoms with Crippen LogP contribution in [0.2, 0.25) is 0 Å². The van der Waals surface area contributed by atoms with Gasteiger partial charge in [0.15, 0.2) is 5.78 Å². The summed E-state index contributed by atoms with van der Waals surface area (Å²) in [6.45, 7) is 3.55. The quantitative estimate of drug-likeness (QED) is 0.436. The largest absolute Gasteiger partial charge is 0.394 e. The molecular weight excluding hydrogens is 474 g/mol. The second-order valence-electron chi connectivity index (χ2n) is 9.68. The van der Waals surface area contributed by atoms with E-state index < -0.39 is 0 Å². The Kier molecular flexibility index (Phi) is 9.03. The number of aliphatic hydroxyl groups excluding tert-OH is 2. The minimum Gasteiger partial charge on any atom is -0.394 e. The standard InChI is InChI=1S/C28H28F2N2O.C2H6O2/c29-22-9-7-21(8-10-22)27(33)6-3-17-31-18-15-28(16-19-31)20-32(24-13-11-23(30)12-14-24)26-5-2-1-4-25(26)28;3-1-2-4/h1-2,4-5,7-14H,3,6,15-20H2;3-4H,1-2H2. The minimum absolute atomic E-state index is 0.0724. The summed E-state index contributed by atoms with van der Waals surface area (Å²) < 4.78 is 26.5. The van der Waals surface area contributed by atoms with Gasteiger partial charge in [0.25, 0.3) is 0 Å². The average Bonchev–Trinajstić information content (AvgIpc) is 3.24. The molecule has 2 heterocycles. The highest BCUT2D eigenvalue weighted by Crippen LogP contribution is 2.49. The van der Waals surface area contributed by atoms with Crippen molar-refractivity contribution in [3.8, 4) is 0 Å². The highest BCUT2D eigenvalue weighted by Gasteiger charge is 2.44. The maximum Gasteiger partial charge on any atom is 0.162 e. The molecule has 3 aromatic carbocycles. The SMILES string of the molecule is O=C(CCCN1CCC2(CC1)CN(c1ccc(F)cc1)c1ccccc12)c1ccc(F)cc1.OCCO. The van der Waals surface area contributed by atoms with E-state index in [1.54, 1.807) is 12.1 Å². The summed E-state index contributed by atoms with van der Waals surface area (Å²) in [5, 5.41) is 15.2. The monoisotopic (exact) mass is 508 g/mol. The number of anilines is 2. The normalized spacial score (nSPS) is 16.3. The van der Waals surface area contributed by atoms with Crippen molar-refractivity contribution < 1.29 is 23.8 Å². The number of likely N-dealkylation sites (tertiary alicyclic amines) is 1. The molecule has 1 saturated heterocycles. The molecule has 0 unspecified atom stereocenters. The maximum atomic E-state index is 13.5. The fourth-order valence-corrected chi connectivity index (χ4v) is 5.36. The van der Waals surface area contributed by atoms with Gasteiger partial charge in [-0.15, -0.1) is 0 Å².